The highest BCUT2D eigenvalue weighted by Crippen LogP contribution is 2.51. The van der Waals surface area contributed by atoms with Gasteiger partial charge in [0.25, 0.3) is 5.91 Å². The van der Waals surface area contributed by atoms with Gasteiger partial charge >= 0.3 is 23.9 Å². The summed E-state index contributed by atoms with van der Waals surface area (Å²) in [5.41, 5.74) is 0.0566. The summed E-state index contributed by atoms with van der Waals surface area (Å²) in [5, 5.41) is 14.0. The van der Waals surface area contributed by atoms with Crippen LogP contribution in [0.4, 0.5) is 0 Å². The van der Waals surface area contributed by atoms with Crippen molar-refractivity contribution < 1.29 is 57.5 Å². The Bertz CT molecular complexity index is 1110. The van der Waals surface area contributed by atoms with Crippen molar-refractivity contribution in [3.63, 3.8) is 0 Å². The van der Waals surface area contributed by atoms with Crippen LogP contribution in [0.1, 0.15) is 49.5 Å². The smallest absolute Gasteiger partial charge is 0.308 e. The van der Waals surface area contributed by atoms with E-state index in [4.69, 9.17) is 28.4 Å². The summed E-state index contributed by atoms with van der Waals surface area (Å²) in [6.45, 7) is 4.23. The molecule has 188 valence electrons. The molecule has 2 aliphatic heterocycles. The third kappa shape index (κ3) is 4.34. The number of hydrogen-bond donors (Lipinski definition) is 2. The van der Waals surface area contributed by atoms with Gasteiger partial charge in [-0.2, -0.15) is 0 Å². The van der Waals surface area contributed by atoms with Crippen molar-refractivity contribution >= 4 is 29.8 Å². The van der Waals surface area contributed by atoms with Gasteiger partial charge in [-0.3, -0.25) is 24.0 Å². The molecule has 6 atom stereocenters. The number of benzene rings is 1. The van der Waals surface area contributed by atoms with Crippen LogP contribution in [0, 0.1) is 0 Å². The molecule has 4 rings (SSSR count). The summed E-state index contributed by atoms with van der Waals surface area (Å²) in [5.74, 6) is -4.91. The van der Waals surface area contributed by atoms with E-state index < -0.39 is 66.2 Å². The van der Waals surface area contributed by atoms with E-state index in [1.807, 2.05) is 0 Å². The molecule has 0 bridgehead atoms. The lowest BCUT2D eigenvalue weighted by Crippen LogP contribution is -2.68. The first kappa shape index (κ1) is 24.3. The van der Waals surface area contributed by atoms with Crippen molar-refractivity contribution in [3.8, 4) is 17.2 Å². The van der Waals surface area contributed by atoms with E-state index in [1.54, 1.807) is 0 Å². The number of ether oxygens (including phenoxy) is 6. The molecule has 1 saturated carbocycles. The van der Waals surface area contributed by atoms with Crippen molar-refractivity contribution in [1.29, 1.82) is 0 Å². The maximum absolute atomic E-state index is 13.3. The molecule has 1 aromatic carbocycles. The van der Waals surface area contributed by atoms with Gasteiger partial charge < -0.3 is 38.8 Å². The van der Waals surface area contributed by atoms with Crippen molar-refractivity contribution in [3.05, 3.63) is 17.2 Å². The van der Waals surface area contributed by atoms with Crippen molar-refractivity contribution in [2.24, 2.45) is 0 Å². The van der Waals surface area contributed by atoms with Gasteiger partial charge in [-0.05, 0) is 11.6 Å². The van der Waals surface area contributed by atoms with Crippen LogP contribution in [0.2, 0.25) is 0 Å². The van der Waals surface area contributed by atoms with Crippen LogP contribution in [0.3, 0.4) is 0 Å². The van der Waals surface area contributed by atoms with Gasteiger partial charge in [-0.25, -0.2) is 0 Å². The van der Waals surface area contributed by atoms with Gasteiger partial charge in [0.15, 0.2) is 29.8 Å². The highest BCUT2D eigenvalue weighted by molar-refractivity contribution is 6.02. The molecule has 13 heteroatoms. The van der Waals surface area contributed by atoms with E-state index >= 15 is 0 Å². The highest BCUT2D eigenvalue weighted by atomic mass is 16.7. The largest absolute Gasteiger partial charge is 0.456 e. The van der Waals surface area contributed by atoms with Gasteiger partial charge in [0.2, 0.25) is 12.5 Å². The second-order valence-electron chi connectivity index (χ2n) is 8.24. The number of amides is 1. The molecule has 0 aromatic heterocycles. The maximum atomic E-state index is 13.3. The van der Waals surface area contributed by atoms with Crippen molar-refractivity contribution in [1.82, 2.24) is 5.32 Å². The van der Waals surface area contributed by atoms with E-state index in [-0.39, 0.29) is 35.2 Å². The first-order valence-corrected chi connectivity index (χ1v) is 10.6. The molecule has 0 saturated heterocycles. The van der Waals surface area contributed by atoms with Crippen LogP contribution in [-0.4, -0.2) is 72.1 Å². The summed E-state index contributed by atoms with van der Waals surface area (Å²) in [6, 6.07) is 0.321. The van der Waals surface area contributed by atoms with Crippen molar-refractivity contribution in [2.45, 2.75) is 64.1 Å². The maximum Gasteiger partial charge on any atom is 0.308 e. The predicted octanol–water partition coefficient (Wildman–Crippen LogP) is -0.294. The van der Waals surface area contributed by atoms with E-state index in [0.717, 1.165) is 27.7 Å². The Kier molecular flexibility index (Phi) is 6.28. The number of hydrogen-bond acceptors (Lipinski definition) is 12. The van der Waals surface area contributed by atoms with Crippen molar-refractivity contribution in [2.75, 3.05) is 6.79 Å². The average Bonchev–Trinajstić information content (AvgIpc) is 3.20. The number of carbonyl (C=O) groups is 5. The van der Waals surface area contributed by atoms with E-state index in [2.05, 4.69) is 5.32 Å². The Balaban J connectivity index is 1.91. The van der Waals surface area contributed by atoms with Crippen LogP contribution >= 0.6 is 0 Å². The second kappa shape index (κ2) is 9.06. The Hall–Kier alpha value is -3.87. The van der Waals surface area contributed by atoms with Crippen LogP contribution in [0.5, 0.6) is 17.2 Å². The van der Waals surface area contributed by atoms with E-state index in [9.17, 15) is 29.1 Å². The normalized spacial score (nSPS) is 28.1. The minimum absolute atomic E-state index is 0.0312. The lowest BCUT2D eigenvalue weighted by atomic mass is 9.69. The Morgan fingerprint density at radius 3 is 2.11 bits per heavy atom. The zero-order chi connectivity index (χ0) is 25.6. The topological polar surface area (TPSA) is 173 Å². The summed E-state index contributed by atoms with van der Waals surface area (Å²) < 4.78 is 32.1. The van der Waals surface area contributed by atoms with Crippen LogP contribution in [0.15, 0.2) is 6.07 Å². The molecule has 0 radical (unpaired) electrons. The quantitative estimate of drug-likeness (QED) is 0.319. The Labute approximate surface area is 198 Å². The van der Waals surface area contributed by atoms with Crippen LogP contribution in [-0.2, 0) is 33.4 Å². The van der Waals surface area contributed by atoms with Gasteiger partial charge in [-0.15, -0.1) is 0 Å². The molecule has 1 aromatic rings. The fourth-order valence-electron chi connectivity index (χ4n) is 4.74. The first-order valence-electron chi connectivity index (χ1n) is 10.6. The molecule has 1 fully saturated rings. The Morgan fingerprint density at radius 2 is 1.51 bits per heavy atom. The minimum atomic E-state index is -1.55. The molecule has 1 amide bonds. The summed E-state index contributed by atoms with van der Waals surface area (Å²) in [7, 11) is 0. The second-order valence-corrected chi connectivity index (χ2v) is 8.24. The molecule has 3 aliphatic rings. The predicted molar refractivity (Wildman–Crippen MR) is 111 cm³/mol. The SMILES string of the molecule is CC(=O)Oc1c2c(cc3c1C(=O)NC1[C@@H]3[C@@H](O)[C@H](OC(C)=O)[C@@H](OC(C)=O)[C@H]1OC(C)=O)OCO2. The first-order chi connectivity index (χ1) is 16.5. The third-order valence-corrected chi connectivity index (χ3v) is 5.78. The Morgan fingerprint density at radius 1 is 0.914 bits per heavy atom. The molecule has 35 heavy (non-hydrogen) atoms. The average molecular weight is 493 g/mol. The number of fused-ring (bicyclic) bond motifs is 4. The zero-order valence-corrected chi connectivity index (χ0v) is 19.2. The van der Waals surface area contributed by atoms with E-state index in [1.165, 1.54) is 6.07 Å². The molecule has 1 unspecified atom stereocenters. The number of carbonyl (C=O) groups excluding carboxylic acids is 5. The zero-order valence-electron chi connectivity index (χ0n) is 19.2. The summed E-state index contributed by atoms with van der Waals surface area (Å²) >= 11 is 0. The number of nitrogens with one attached hydrogen (secondary N) is 1. The fraction of sp³-hybridized carbons (Fsp3) is 0.500. The summed E-state index contributed by atoms with van der Waals surface area (Å²) in [4.78, 5) is 60.7. The molecular formula is C22H23NO12. The van der Waals surface area contributed by atoms with Gasteiger partial charge in [0.1, 0.15) is 6.10 Å². The standard InChI is InChI=1S/C22H23NO12/c1-7(24)32-18-14-11(5-12-17(18)31-6-30-12)13-15(23-22(14)29)19(33-8(2)25)21(35-10(4)27)20(16(13)28)34-9(3)26/h5,13,15-16,19-21,28H,6H2,1-4H3,(H,23,29)/t13-,15?,16-,19+,20+,21+/m1/s1. The number of aliphatic hydroxyl groups excluding tert-OH is 1. The lowest BCUT2D eigenvalue weighted by molar-refractivity contribution is -0.211. The minimum Gasteiger partial charge on any atom is -0.456 e. The molecule has 2 heterocycles. The van der Waals surface area contributed by atoms with Gasteiger partial charge in [0.05, 0.1) is 11.6 Å². The third-order valence-electron chi connectivity index (χ3n) is 5.78. The lowest BCUT2D eigenvalue weighted by Gasteiger charge is -2.49. The number of esters is 4. The van der Waals surface area contributed by atoms with Crippen LogP contribution < -0.4 is 19.5 Å². The number of aliphatic hydroxyl groups is 1. The molecule has 2 N–H and O–H groups in total. The molecule has 0 spiro atoms. The summed E-state index contributed by atoms with van der Waals surface area (Å²) in [6.07, 6.45) is -5.79. The highest BCUT2D eigenvalue weighted by Gasteiger charge is 2.59. The number of rotatable bonds is 4. The van der Waals surface area contributed by atoms with Gasteiger partial charge in [-0.1, -0.05) is 0 Å². The molecular weight excluding hydrogens is 470 g/mol. The fourth-order valence-corrected chi connectivity index (χ4v) is 4.74. The van der Waals surface area contributed by atoms with Gasteiger partial charge in [0, 0.05) is 33.6 Å². The van der Waals surface area contributed by atoms with E-state index in [0.29, 0.717) is 0 Å². The molecule has 13 nitrogen and oxygen atoms in total. The van der Waals surface area contributed by atoms with Crippen LogP contribution in [0.25, 0.3) is 0 Å². The monoisotopic (exact) mass is 493 g/mol. The molecule has 1 aliphatic carbocycles.